The van der Waals surface area contributed by atoms with Crippen LogP contribution in [0.2, 0.25) is 0 Å². The molecule has 0 atom stereocenters. The number of hydrogen-bond donors (Lipinski definition) is 1. The highest BCUT2D eigenvalue weighted by molar-refractivity contribution is 7.13. The first-order valence-electron chi connectivity index (χ1n) is 11.4. The number of aromatic amines is 1. The summed E-state index contributed by atoms with van der Waals surface area (Å²) in [6.07, 6.45) is 1.88. The molecule has 172 valence electrons. The Kier molecular flexibility index (Phi) is 5.74. The van der Waals surface area contributed by atoms with Crippen LogP contribution in [0.1, 0.15) is 11.1 Å². The maximum atomic E-state index is 6.11. The summed E-state index contributed by atoms with van der Waals surface area (Å²) in [5, 5.41) is 5.21. The van der Waals surface area contributed by atoms with Crippen LogP contribution in [0.4, 0.5) is 0 Å². The van der Waals surface area contributed by atoms with Gasteiger partial charge in [0.15, 0.2) is 0 Å². The van der Waals surface area contributed by atoms with Crippen LogP contribution >= 0.6 is 11.3 Å². The van der Waals surface area contributed by atoms with E-state index in [-0.39, 0.29) is 0 Å². The van der Waals surface area contributed by atoms with Gasteiger partial charge in [0.2, 0.25) is 0 Å². The molecule has 1 N–H and O–H groups in total. The second-order valence-corrected chi connectivity index (χ2v) is 9.18. The molecule has 0 aliphatic carbocycles. The van der Waals surface area contributed by atoms with Crippen molar-refractivity contribution in [1.82, 2.24) is 15.0 Å². The van der Waals surface area contributed by atoms with Gasteiger partial charge < -0.3 is 14.5 Å². The first-order valence-corrected chi connectivity index (χ1v) is 12.3. The Morgan fingerprint density at radius 3 is 2.49 bits per heavy atom. The van der Waals surface area contributed by atoms with Crippen molar-refractivity contribution in [3.05, 3.63) is 102 Å². The average Bonchev–Trinajstić information content (AvgIpc) is 3.54. The van der Waals surface area contributed by atoms with Crippen molar-refractivity contribution in [1.29, 1.82) is 0 Å². The number of fused-ring (bicyclic) bond motifs is 3. The zero-order valence-corrected chi connectivity index (χ0v) is 20.0. The van der Waals surface area contributed by atoms with Gasteiger partial charge in [-0.2, -0.15) is 0 Å². The monoisotopic (exact) mass is 477 g/mol. The van der Waals surface area contributed by atoms with Gasteiger partial charge in [0.25, 0.3) is 0 Å². The van der Waals surface area contributed by atoms with E-state index in [2.05, 4.69) is 46.8 Å². The molecule has 6 rings (SSSR count). The van der Waals surface area contributed by atoms with Crippen LogP contribution in [-0.4, -0.2) is 22.1 Å². The van der Waals surface area contributed by atoms with Gasteiger partial charge >= 0.3 is 0 Å². The summed E-state index contributed by atoms with van der Waals surface area (Å²) in [6, 6.07) is 26.6. The lowest BCUT2D eigenvalue weighted by molar-refractivity contribution is 0.186. The van der Waals surface area contributed by atoms with Crippen LogP contribution in [-0.2, 0) is 18.0 Å². The molecular formula is C29H23N3O2S. The Bertz CT molecular complexity index is 1610. The normalized spacial score (nSPS) is 11.3. The molecule has 0 amide bonds. The number of methoxy groups -OCH3 is 1. The van der Waals surface area contributed by atoms with Gasteiger partial charge in [0, 0.05) is 39.9 Å². The lowest BCUT2D eigenvalue weighted by atomic mass is 10.0. The van der Waals surface area contributed by atoms with Crippen LogP contribution in [0.3, 0.4) is 0 Å². The third-order valence-corrected chi connectivity index (χ3v) is 6.91. The number of benzene rings is 3. The molecule has 0 spiro atoms. The Morgan fingerprint density at radius 2 is 1.69 bits per heavy atom. The van der Waals surface area contributed by atoms with Crippen LogP contribution < -0.4 is 4.74 Å². The van der Waals surface area contributed by atoms with E-state index < -0.39 is 0 Å². The third-order valence-electron chi connectivity index (χ3n) is 6.01. The lowest BCUT2D eigenvalue weighted by Crippen LogP contribution is -1.97. The largest absolute Gasteiger partial charge is 0.489 e. The number of nitrogens with one attached hydrogen (secondary N) is 1. The number of pyridine rings is 1. The summed E-state index contributed by atoms with van der Waals surface area (Å²) in [7, 11) is 1.71. The van der Waals surface area contributed by atoms with Crippen LogP contribution in [0.25, 0.3) is 43.8 Å². The van der Waals surface area contributed by atoms with Crippen molar-refractivity contribution in [2.45, 2.75) is 13.2 Å². The first-order chi connectivity index (χ1) is 17.3. The molecule has 0 aliphatic rings. The number of aromatic nitrogens is 3. The van der Waals surface area contributed by atoms with E-state index in [4.69, 9.17) is 19.4 Å². The number of thiazole rings is 1. The Balaban J connectivity index is 1.43. The average molecular weight is 478 g/mol. The number of H-pyrrole nitrogens is 1. The van der Waals surface area contributed by atoms with Crippen molar-refractivity contribution in [2.24, 2.45) is 0 Å². The van der Waals surface area contributed by atoms with Gasteiger partial charge in [-0.05, 0) is 23.8 Å². The van der Waals surface area contributed by atoms with E-state index in [0.29, 0.717) is 13.2 Å². The highest BCUT2D eigenvalue weighted by Gasteiger charge is 2.18. The number of ether oxygens (including phenoxy) is 2. The summed E-state index contributed by atoms with van der Waals surface area (Å²) in [4.78, 5) is 13.2. The molecule has 6 heteroatoms. The minimum absolute atomic E-state index is 0.430. The maximum absolute atomic E-state index is 6.11. The summed E-state index contributed by atoms with van der Waals surface area (Å²) in [5.74, 6) is 0.823. The number of nitrogens with zero attached hydrogens (tertiary/aromatic N) is 2. The van der Waals surface area contributed by atoms with Crippen molar-refractivity contribution >= 4 is 33.1 Å². The predicted molar refractivity (Wildman–Crippen MR) is 142 cm³/mol. The van der Waals surface area contributed by atoms with E-state index in [9.17, 15) is 0 Å². The van der Waals surface area contributed by atoms with Crippen molar-refractivity contribution in [3.63, 3.8) is 0 Å². The maximum Gasteiger partial charge on any atom is 0.124 e. The topological polar surface area (TPSA) is 60.0 Å². The molecule has 0 radical (unpaired) electrons. The van der Waals surface area contributed by atoms with Crippen LogP contribution in [0, 0.1) is 0 Å². The quantitative estimate of drug-likeness (QED) is 0.263. The van der Waals surface area contributed by atoms with Gasteiger partial charge in [-0.1, -0.05) is 60.7 Å². The summed E-state index contributed by atoms with van der Waals surface area (Å²) in [5.41, 5.74) is 6.95. The SMILES string of the molecule is COCc1c(-c2csc(-c3ccccc3)n2)ncc2[nH]c3ccc(OCc4ccccc4)cc3c12. The second kappa shape index (κ2) is 9.33. The minimum Gasteiger partial charge on any atom is -0.489 e. The van der Waals surface area contributed by atoms with E-state index >= 15 is 0 Å². The van der Waals surface area contributed by atoms with Gasteiger partial charge in [-0.3, -0.25) is 4.98 Å². The van der Waals surface area contributed by atoms with Crippen LogP contribution in [0.5, 0.6) is 5.75 Å². The molecular weight excluding hydrogens is 454 g/mol. The van der Waals surface area contributed by atoms with Gasteiger partial charge in [-0.15, -0.1) is 11.3 Å². The standard InChI is InChI=1S/C29H23N3O2S/c1-33-17-23-27-22-14-21(34-16-19-8-4-2-5-9-19)12-13-24(22)31-25(27)15-30-28(23)26-18-35-29(32-26)20-10-6-3-7-11-20/h2-15,18,31H,16-17H2,1H3. The Labute approximate surface area is 207 Å². The highest BCUT2D eigenvalue weighted by atomic mass is 32.1. The molecule has 0 aliphatic heterocycles. The van der Waals surface area contributed by atoms with Gasteiger partial charge in [0.1, 0.15) is 23.1 Å². The van der Waals surface area contributed by atoms with E-state index in [0.717, 1.165) is 60.6 Å². The summed E-state index contributed by atoms with van der Waals surface area (Å²) >= 11 is 1.62. The second-order valence-electron chi connectivity index (χ2n) is 8.32. The van der Waals surface area contributed by atoms with Crippen molar-refractivity contribution in [2.75, 3.05) is 7.11 Å². The number of hydrogen-bond acceptors (Lipinski definition) is 5. The fourth-order valence-corrected chi connectivity index (χ4v) is 5.18. The predicted octanol–water partition coefficient (Wildman–Crippen LogP) is 7.23. The van der Waals surface area contributed by atoms with E-state index in [1.165, 1.54) is 0 Å². The molecule has 3 aromatic carbocycles. The highest BCUT2D eigenvalue weighted by Crippen LogP contribution is 2.37. The molecule has 0 saturated heterocycles. The molecule has 3 heterocycles. The van der Waals surface area contributed by atoms with Gasteiger partial charge in [-0.25, -0.2) is 4.98 Å². The Morgan fingerprint density at radius 1 is 0.886 bits per heavy atom. The summed E-state index contributed by atoms with van der Waals surface area (Å²) in [6.45, 7) is 0.952. The fourth-order valence-electron chi connectivity index (χ4n) is 4.37. The van der Waals surface area contributed by atoms with Crippen molar-refractivity contribution in [3.8, 4) is 27.7 Å². The van der Waals surface area contributed by atoms with Crippen molar-refractivity contribution < 1.29 is 9.47 Å². The molecule has 0 bridgehead atoms. The molecule has 6 aromatic rings. The van der Waals surface area contributed by atoms with Gasteiger partial charge in [0.05, 0.1) is 24.0 Å². The molecule has 0 saturated carbocycles. The van der Waals surface area contributed by atoms with Crippen LogP contribution in [0.15, 0.2) is 90.4 Å². The Hall–Kier alpha value is -4.00. The summed E-state index contributed by atoms with van der Waals surface area (Å²) < 4.78 is 11.7. The molecule has 5 nitrogen and oxygen atoms in total. The molecule has 0 unspecified atom stereocenters. The third kappa shape index (κ3) is 4.18. The van der Waals surface area contributed by atoms with E-state index in [1.54, 1.807) is 18.4 Å². The number of rotatable bonds is 7. The molecule has 35 heavy (non-hydrogen) atoms. The first kappa shape index (κ1) is 21.5. The zero-order chi connectivity index (χ0) is 23.6. The zero-order valence-electron chi connectivity index (χ0n) is 19.2. The fraction of sp³-hybridized carbons (Fsp3) is 0.103. The smallest absolute Gasteiger partial charge is 0.124 e. The molecule has 3 aromatic heterocycles. The lowest BCUT2D eigenvalue weighted by Gasteiger charge is -2.09. The minimum atomic E-state index is 0.430. The van der Waals surface area contributed by atoms with E-state index in [1.807, 2.05) is 48.7 Å². The molecule has 0 fully saturated rings.